The number of hydrogen-bond acceptors (Lipinski definition) is 4. The van der Waals surface area contributed by atoms with Crippen LogP contribution in [-0.4, -0.2) is 50.9 Å². The first-order valence-electron chi connectivity index (χ1n) is 9.78. The molecule has 25 heavy (non-hydrogen) atoms. The van der Waals surface area contributed by atoms with Gasteiger partial charge in [0.2, 0.25) is 0 Å². The molecule has 2 saturated carbocycles. The van der Waals surface area contributed by atoms with Gasteiger partial charge in [0, 0.05) is 43.4 Å². The number of carboxylic acids is 1. The van der Waals surface area contributed by atoms with Crippen molar-refractivity contribution in [1.29, 1.82) is 0 Å². The summed E-state index contributed by atoms with van der Waals surface area (Å²) >= 11 is 0. The highest BCUT2D eigenvalue weighted by atomic mass is 16.4. The largest absolute Gasteiger partial charge is 0.480 e. The minimum atomic E-state index is -0.731. The number of nitrogens with zero attached hydrogens (tertiary/aromatic N) is 3. The molecule has 0 radical (unpaired) electrons. The normalized spacial score (nSPS) is 24.4. The highest BCUT2D eigenvalue weighted by Crippen LogP contribution is 2.34. The van der Waals surface area contributed by atoms with E-state index in [4.69, 9.17) is 10.2 Å². The lowest BCUT2D eigenvalue weighted by Crippen LogP contribution is -2.53. The van der Waals surface area contributed by atoms with Crippen molar-refractivity contribution in [1.82, 2.24) is 20.0 Å². The number of hydrogen-bond donors (Lipinski definition) is 2. The van der Waals surface area contributed by atoms with E-state index >= 15 is 0 Å². The molecule has 0 bridgehead atoms. The highest BCUT2D eigenvalue weighted by Gasteiger charge is 2.33. The molecule has 6 nitrogen and oxygen atoms in total. The Hall–Kier alpha value is -1.40. The van der Waals surface area contributed by atoms with Gasteiger partial charge in [-0.2, -0.15) is 5.10 Å². The summed E-state index contributed by atoms with van der Waals surface area (Å²) in [5.74, 6) is -0.0993. The van der Waals surface area contributed by atoms with E-state index in [-0.39, 0.29) is 6.54 Å². The van der Waals surface area contributed by atoms with Gasteiger partial charge in [0.25, 0.3) is 0 Å². The Kier molecular flexibility index (Phi) is 6.12. The fraction of sp³-hybridized carbons (Fsp3) is 0.789. The van der Waals surface area contributed by atoms with Crippen molar-refractivity contribution in [3.05, 3.63) is 17.5 Å². The van der Waals surface area contributed by atoms with E-state index in [1.807, 2.05) is 18.7 Å². The molecule has 6 heteroatoms. The lowest BCUT2D eigenvalue weighted by Gasteiger charge is -2.42. The van der Waals surface area contributed by atoms with Crippen LogP contribution in [0.25, 0.3) is 0 Å². The van der Waals surface area contributed by atoms with Crippen molar-refractivity contribution < 1.29 is 9.90 Å². The number of aliphatic carboxylic acids is 1. The van der Waals surface area contributed by atoms with Crippen LogP contribution >= 0.6 is 0 Å². The molecule has 1 aromatic heterocycles. The minimum absolute atomic E-state index is 0.155. The molecule has 2 fully saturated rings. The third-order valence-corrected chi connectivity index (χ3v) is 5.88. The van der Waals surface area contributed by atoms with Gasteiger partial charge in [0.1, 0.15) is 0 Å². The molecule has 0 amide bonds. The number of aryl methyl sites for hydroxylation is 1. The first kappa shape index (κ1) is 18.4. The molecule has 140 valence electrons. The molecular weight excluding hydrogens is 316 g/mol. The standard InChI is InChI=1S/C19H32N4O2/c1-3-23(13-18(24)25)17-9-16(10-17)20-11-15-12-22(2)21-19(15)14-7-5-4-6-8-14/h12,14,16-17,20H,3-11,13H2,1-2H3,(H,24,25). The number of aromatic nitrogens is 2. The van der Waals surface area contributed by atoms with Gasteiger partial charge in [-0.3, -0.25) is 14.4 Å². The molecule has 0 spiro atoms. The summed E-state index contributed by atoms with van der Waals surface area (Å²) in [4.78, 5) is 13.0. The number of nitrogens with one attached hydrogen (secondary N) is 1. The van der Waals surface area contributed by atoms with Gasteiger partial charge >= 0.3 is 5.97 Å². The van der Waals surface area contributed by atoms with Gasteiger partial charge in [0.15, 0.2) is 0 Å². The van der Waals surface area contributed by atoms with Gasteiger partial charge in [-0.05, 0) is 32.2 Å². The first-order valence-corrected chi connectivity index (χ1v) is 9.78. The second-order valence-electron chi connectivity index (χ2n) is 7.71. The molecule has 0 aromatic carbocycles. The second kappa shape index (κ2) is 8.32. The zero-order valence-electron chi connectivity index (χ0n) is 15.6. The molecule has 0 unspecified atom stereocenters. The van der Waals surface area contributed by atoms with Gasteiger partial charge < -0.3 is 10.4 Å². The lowest BCUT2D eigenvalue weighted by atomic mass is 9.84. The van der Waals surface area contributed by atoms with Crippen LogP contribution < -0.4 is 5.32 Å². The van der Waals surface area contributed by atoms with Crippen molar-refractivity contribution in [2.45, 2.75) is 76.4 Å². The van der Waals surface area contributed by atoms with Crippen LogP contribution in [0.5, 0.6) is 0 Å². The summed E-state index contributed by atoms with van der Waals surface area (Å²) in [5.41, 5.74) is 2.64. The monoisotopic (exact) mass is 348 g/mol. The van der Waals surface area contributed by atoms with Gasteiger partial charge in [-0.15, -0.1) is 0 Å². The molecule has 2 aliphatic carbocycles. The van der Waals surface area contributed by atoms with Crippen molar-refractivity contribution in [2.24, 2.45) is 7.05 Å². The van der Waals surface area contributed by atoms with Crippen LogP contribution in [-0.2, 0) is 18.4 Å². The van der Waals surface area contributed by atoms with Crippen molar-refractivity contribution in [3.63, 3.8) is 0 Å². The maximum atomic E-state index is 10.9. The maximum Gasteiger partial charge on any atom is 0.317 e. The van der Waals surface area contributed by atoms with Crippen molar-refractivity contribution in [2.75, 3.05) is 13.1 Å². The Balaban J connectivity index is 1.49. The number of likely N-dealkylation sites (N-methyl/N-ethyl adjacent to an activating group) is 1. The third-order valence-electron chi connectivity index (χ3n) is 5.88. The zero-order valence-corrected chi connectivity index (χ0v) is 15.6. The van der Waals surface area contributed by atoms with Crippen LogP contribution in [0, 0.1) is 0 Å². The summed E-state index contributed by atoms with van der Waals surface area (Å²) in [6.07, 6.45) is 10.8. The molecule has 0 saturated heterocycles. The van der Waals surface area contributed by atoms with E-state index in [9.17, 15) is 4.79 Å². The van der Waals surface area contributed by atoms with E-state index in [1.165, 1.54) is 43.4 Å². The Labute approximate surface area is 150 Å². The highest BCUT2D eigenvalue weighted by molar-refractivity contribution is 5.69. The van der Waals surface area contributed by atoms with Crippen LogP contribution in [0.2, 0.25) is 0 Å². The summed E-state index contributed by atoms with van der Waals surface area (Å²) in [5, 5.41) is 17.4. The maximum absolute atomic E-state index is 10.9. The van der Waals surface area contributed by atoms with Gasteiger partial charge in [0.05, 0.1) is 12.2 Å². The average Bonchev–Trinajstić information content (AvgIpc) is 2.93. The van der Waals surface area contributed by atoms with Crippen LogP contribution in [0.15, 0.2) is 6.20 Å². The molecule has 0 aliphatic heterocycles. The Morgan fingerprint density at radius 1 is 1.36 bits per heavy atom. The van der Waals surface area contributed by atoms with E-state index in [2.05, 4.69) is 16.4 Å². The third kappa shape index (κ3) is 4.61. The predicted molar refractivity (Wildman–Crippen MR) is 97.6 cm³/mol. The van der Waals surface area contributed by atoms with E-state index in [0.29, 0.717) is 18.0 Å². The molecule has 1 aromatic rings. The fourth-order valence-electron chi connectivity index (χ4n) is 4.39. The Morgan fingerprint density at radius 2 is 2.08 bits per heavy atom. The first-order chi connectivity index (χ1) is 12.1. The Bertz CT molecular complexity index is 574. The van der Waals surface area contributed by atoms with E-state index in [1.54, 1.807) is 0 Å². The molecule has 0 atom stereocenters. The smallest absolute Gasteiger partial charge is 0.317 e. The summed E-state index contributed by atoms with van der Waals surface area (Å²) in [6, 6.07) is 0.901. The van der Waals surface area contributed by atoms with Crippen LogP contribution in [0.1, 0.15) is 69.0 Å². The number of carboxylic acid groups (broad SMARTS) is 1. The van der Waals surface area contributed by atoms with Crippen LogP contribution in [0.4, 0.5) is 0 Å². The van der Waals surface area contributed by atoms with E-state index in [0.717, 1.165) is 25.9 Å². The topological polar surface area (TPSA) is 70.4 Å². The van der Waals surface area contributed by atoms with Crippen molar-refractivity contribution in [3.8, 4) is 0 Å². The van der Waals surface area contributed by atoms with Crippen LogP contribution in [0.3, 0.4) is 0 Å². The summed E-state index contributed by atoms with van der Waals surface area (Å²) < 4.78 is 1.95. The molecular formula is C19H32N4O2. The molecule has 3 rings (SSSR count). The lowest BCUT2D eigenvalue weighted by molar-refractivity contribution is -0.139. The summed E-state index contributed by atoms with van der Waals surface area (Å²) in [6.45, 7) is 3.87. The van der Waals surface area contributed by atoms with E-state index < -0.39 is 5.97 Å². The fourth-order valence-corrected chi connectivity index (χ4v) is 4.39. The van der Waals surface area contributed by atoms with Gasteiger partial charge in [-0.25, -0.2) is 0 Å². The average molecular weight is 348 g/mol. The number of carbonyl (C=O) groups is 1. The van der Waals surface area contributed by atoms with Crippen molar-refractivity contribution >= 4 is 5.97 Å². The molecule has 1 heterocycles. The molecule has 2 N–H and O–H groups in total. The summed E-state index contributed by atoms with van der Waals surface area (Å²) in [7, 11) is 2.01. The zero-order chi connectivity index (χ0) is 17.8. The number of rotatable bonds is 8. The predicted octanol–water partition coefficient (Wildman–Crippen LogP) is 2.49. The second-order valence-corrected chi connectivity index (χ2v) is 7.71. The molecule has 2 aliphatic rings. The quantitative estimate of drug-likeness (QED) is 0.755. The SMILES string of the molecule is CCN(CC(=O)O)C1CC(NCc2cn(C)nc2C2CCCCC2)C1. The van der Waals surface area contributed by atoms with Gasteiger partial charge in [-0.1, -0.05) is 26.2 Å². The minimum Gasteiger partial charge on any atom is -0.480 e. The Morgan fingerprint density at radius 3 is 2.72 bits per heavy atom.